The monoisotopic (exact) mass is 418 g/mol. The summed E-state index contributed by atoms with van der Waals surface area (Å²) in [5.74, 6) is 0.324. The molecule has 1 saturated heterocycles. The van der Waals surface area contributed by atoms with Gasteiger partial charge in [-0.05, 0) is 51.3 Å². The maximum absolute atomic E-state index is 12.9. The SMILES string of the molecule is CCOc1cccc(S(=O)(=O)NC(=O)c2cccnc2N2CCC(C)C2(C)C)n1. The van der Waals surface area contributed by atoms with Crippen molar-refractivity contribution in [3.8, 4) is 5.88 Å². The van der Waals surface area contributed by atoms with Crippen LogP contribution in [-0.4, -0.2) is 43.0 Å². The van der Waals surface area contributed by atoms with Gasteiger partial charge in [0.2, 0.25) is 5.88 Å². The van der Waals surface area contributed by atoms with E-state index >= 15 is 0 Å². The van der Waals surface area contributed by atoms with Crippen molar-refractivity contribution in [3.63, 3.8) is 0 Å². The highest BCUT2D eigenvalue weighted by Crippen LogP contribution is 2.38. The fourth-order valence-electron chi connectivity index (χ4n) is 3.40. The molecule has 1 N–H and O–H groups in total. The van der Waals surface area contributed by atoms with Gasteiger partial charge in [-0.2, -0.15) is 13.4 Å². The maximum atomic E-state index is 12.9. The second-order valence-corrected chi connectivity index (χ2v) is 9.18. The Morgan fingerprint density at radius 1 is 1.31 bits per heavy atom. The van der Waals surface area contributed by atoms with Crippen LogP contribution < -0.4 is 14.4 Å². The van der Waals surface area contributed by atoms with Gasteiger partial charge in [0.1, 0.15) is 5.82 Å². The molecule has 0 aliphatic carbocycles. The average Bonchev–Trinajstić information content (AvgIpc) is 2.94. The third-order valence-electron chi connectivity index (χ3n) is 5.47. The van der Waals surface area contributed by atoms with Gasteiger partial charge in [0.15, 0.2) is 5.03 Å². The molecule has 1 amide bonds. The maximum Gasteiger partial charge on any atom is 0.281 e. The predicted molar refractivity (Wildman–Crippen MR) is 110 cm³/mol. The summed E-state index contributed by atoms with van der Waals surface area (Å²) in [4.78, 5) is 23.3. The fourth-order valence-corrected chi connectivity index (χ4v) is 4.33. The Morgan fingerprint density at radius 2 is 2.07 bits per heavy atom. The first-order chi connectivity index (χ1) is 13.7. The van der Waals surface area contributed by atoms with E-state index in [0.29, 0.717) is 18.3 Å². The largest absolute Gasteiger partial charge is 0.478 e. The van der Waals surface area contributed by atoms with Gasteiger partial charge in [-0.25, -0.2) is 9.71 Å². The van der Waals surface area contributed by atoms with E-state index in [0.717, 1.165) is 13.0 Å². The summed E-state index contributed by atoms with van der Waals surface area (Å²) in [6, 6.07) is 7.58. The summed E-state index contributed by atoms with van der Waals surface area (Å²) < 4.78 is 32.8. The van der Waals surface area contributed by atoms with Crippen molar-refractivity contribution in [1.82, 2.24) is 14.7 Å². The number of nitrogens with one attached hydrogen (secondary N) is 1. The second kappa shape index (κ2) is 7.98. The first-order valence-electron chi connectivity index (χ1n) is 9.56. The molecule has 0 radical (unpaired) electrons. The topological polar surface area (TPSA) is 101 Å². The Kier molecular flexibility index (Phi) is 5.79. The first kappa shape index (κ1) is 21.0. The number of sulfonamides is 1. The number of hydrogen-bond acceptors (Lipinski definition) is 7. The van der Waals surface area contributed by atoms with Crippen LogP contribution in [0, 0.1) is 5.92 Å². The lowest BCUT2D eigenvalue weighted by molar-refractivity contribution is 0.0981. The van der Waals surface area contributed by atoms with Crippen LogP contribution in [0.3, 0.4) is 0 Å². The van der Waals surface area contributed by atoms with Crippen molar-refractivity contribution in [2.75, 3.05) is 18.1 Å². The van der Waals surface area contributed by atoms with Crippen LogP contribution in [-0.2, 0) is 10.0 Å². The second-order valence-electron chi connectivity index (χ2n) is 7.55. The van der Waals surface area contributed by atoms with Gasteiger partial charge in [0, 0.05) is 24.3 Å². The molecule has 1 aliphatic heterocycles. The normalized spacial score (nSPS) is 18.5. The molecule has 8 nitrogen and oxygen atoms in total. The number of carbonyl (C=O) groups excluding carboxylic acids is 1. The summed E-state index contributed by atoms with van der Waals surface area (Å²) in [5.41, 5.74) is 0.00883. The molecule has 0 saturated carbocycles. The third kappa shape index (κ3) is 4.19. The van der Waals surface area contributed by atoms with Crippen molar-refractivity contribution < 1.29 is 17.9 Å². The Labute approximate surface area is 171 Å². The predicted octanol–water partition coefficient (Wildman–Crippen LogP) is 2.62. The van der Waals surface area contributed by atoms with Gasteiger partial charge in [0.25, 0.3) is 15.9 Å². The number of nitrogens with zero attached hydrogens (tertiary/aromatic N) is 3. The number of anilines is 1. The van der Waals surface area contributed by atoms with Gasteiger partial charge in [-0.15, -0.1) is 0 Å². The van der Waals surface area contributed by atoms with Crippen LogP contribution in [0.5, 0.6) is 5.88 Å². The fraction of sp³-hybridized carbons (Fsp3) is 0.450. The molecule has 0 spiro atoms. The molecule has 2 aromatic rings. The summed E-state index contributed by atoms with van der Waals surface area (Å²) >= 11 is 0. The lowest BCUT2D eigenvalue weighted by Gasteiger charge is -2.36. The van der Waals surface area contributed by atoms with Crippen molar-refractivity contribution in [3.05, 3.63) is 42.1 Å². The molecule has 1 fully saturated rings. The highest BCUT2D eigenvalue weighted by atomic mass is 32.2. The van der Waals surface area contributed by atoms with Gasteiger partial charge in [-0.3, -0.25) is 4.79 Å². The Hall–Kier alpha value is -2.68. The minimum Gasteiger partial charge on any atom is -0.478 e. The zero-order valence-electron chi connectivity index (χ0n) is 17.0. The molecule has 9 heteroatoms. The van der Waals surface area contributed by atoms with Gasteiger partial charge >= 0.3 is 0 Å². The zero-order chi connectivity index (χ0) is 21.2. The molecular formula is C20H26N4O4S. The van der Waals surface area contributed by atoms with E-state index < -0.39 is 15.9 Å². The molecule has 1 atom stereocenters. The molecule has 29 heavy (non-hydrogen) atoms. The first-order valence-corrected chi connectivity index (χ1v) is 11.0. The van der Waals surface area contributed by atoms with E-state index in [-0.39, 0.29) is 22.0 Å². The highest BCUT2D eigenvalue weighted by Gasteiger charge is 2.40. The van der Waals surface area contributed by atoms with Crippen LogP contribution in [0.1, 0.15) is 44.5 Å². The van der Waals surface area contributed by atoms with Crippen LogP contribution in [0.4, 0.5) is 5.82 Å². The van der Waals surface area contributed by atoms with E-state index in [9.17, 15) is 13.2 Å². The summed E-state index contributed by atoms with van der Waals surface area (Å²) in [7, 11) is -4.17. The average molecular weight is 419 g/mol. The molecule has 0 aromatic carbocycles. The number of amides is 1. The summed E-state index contributed by atoms with van der Waals surface area (Å²) in [6.07, 6.45) is 2.57. The Morgan fingerprint density at radius 3 is 2.72 bits per heavy atom. The number of aromatic nitrogens is 2. The van der Waals surface area contributed by atoms with Crippen LogP contribution in [0.15, 0.2) is 41.6 Å². The number of carbonyl (C=O) groups is 1. The van der Waals surface area contributed by atoms with Crippen molar-refractivity contribution in [1.29, 1.82) is 0 Å². The third-order valence-corrected chi connectivity index (χ3v) is 6.70. The summed E-state index contributed by atoms with van der Waals surface area (Å²) in [5, 5.41) is -0.280. The van der Waals surface area contributed by atoms with E-state index in [1.807, 2.05) is 0 Å². The van der Waals surface area contributed by atoms with E-state index in [4.69, 9.17) is 4.74 Å². The molecule has 0 bridgehead atoms. The number of rotatable bonds is 6. The van der Waals surface area contributed by atoms with Crippen LogP contribution in [0.2, 0.25) is 0 Å². The van der Waals surface area contributed by atoms with Gasteiger partial charge in [-0.1, -0.05) is 13.0 Å². The highest BCUT2D eigenvalue weighted by molar-refractivity contribution is 7.90. The number of hydrogen-bond donors (Lipinski definition) is 1. The Balaban J connectivity index is 1.89. The van der Waals surface area contributed by atoms with Crippen LogP contribution in [0.25, 0.3) is 0 Å². The van der Waals surface area contributed by atoms with Crippen molar-refractivity contribution >= 4 is 21.7 Å². The van der Waals surface area contributed by atoms with E-state index in [1.54, 1.807) is 31.3 Å². The zero-order valence-corrected chi connectivity index (χ0v) is 17.9. The minimum atomic E-state index is -4.17. The molecule has 1 aliphatic rings. The van der Waals surface area contributed by atoms with Crippen molar-refractivity contribution in [2.24, 2.45) is 5.92 Å². The number of pyridine rings is 2. The quantitative estimate of drug-likeness (QED) is 0.769. The van der Waals surface area contributed by atoms with E-state index in [1.165, 1.54) is 12.1 Å². The smallest absolute Gasteiger partial charge is 0.281 e. The van der Waals surface area contributed by atoms with Gasteiger partial charge in [0.05, 0.1) is 12.2 Å². The minimum absolute atomic E-state index is 0.178. The molecule has 2 aromatic heterocycles. The van der Waals surface area contributed by atoms with E-state index in [2.05, 4.69) is 40.4 Å². The molecule has 156 valence electrons. The summed E-state index contributed by atoms with van der Waals surface area (Å²) in [6.45, 7) is 9.23. The standard InChI is InChI=1S/C20H26N4O4S/c1-5-28-16-9-6-10-17(22-16)29(26,27)23-19(25)15-8-7-12-21-18(15)24-13-11-14(2)20(24,3)4/h6-10,12,14H,5,11,13H2,1-4H3,(H,23,25). The van der Waals surface area contributed by atoms with Crippen LogP contribution >= 0.6 is 0 Å². The lowest BCUT2D eigenvalue weighted by atomic mass is 9.90. The molecule has 3 heterocycles. The molecular weight excluding hydrogens is 392 g/mol. The Bertz CT molecular complexity index is 1010. The van der Waals surface area contributed by atoms with Crippen molar-refractivity contribution in [2.45, 2.75) is 44.7 Å². The lowest BCUT2D eigenvalue weighted by Crippen LogP contribution is -2.43. The number of ether oxygens (including phenoxy) is 1. The molecule has 3 rings (SSSR count). The van der Waals surface area contributed by atoms with Gasteiger partial charge < -0.3 is 9.64 Å². The molecule has 1 unspecified atom stereocenters.